The molecule has 0 unspecified atom stereocenters. The highest BCUT2D eigenvalue weighted by atomic mass is 16.3. The number of aromatic nitrogens is 1. The van der Waals surface area contributed by atoms with Gasteiger partial charge in [0.05, 0.1) is 18.2 Å². The van der Waals surface area contributed by atoms with Crippen LogP contribution in [0.5, 0.6) is 5.75 Å². The molecular weight excluding hydrogens is 256 g/mol. The van der Waals surface area contributed by atoms with E-state index >= 15 is 0 Å². The van der Waals surface area contributed by atoms with Gasteiger partial charge in [0, 0.05) is 24.1 Å². The molecule has 100 valence electrons. The first-order chi connectivity index (χ1) is 9.66. The Morgan fingerprint density at radius 3 is 2.85 bits per heavy atom. The molecule has 3 aromatic rings. The summed E-state index contributed by atoms with van der Waals surface area (Å²) >= 11 is 0. The van der Waals surface area contributed by atoms with E-state index in [1.807, 2.05) is 18.2 Å². The summed E-state index contributed by atoms with van der Waals surface area (Å²) in [5, 5.41) is 13.6. The number of pyridine rings is 1. The van der Waals surface area contributed by atoms with Crippen LogP contribution < -0.4 is 5.32 Å². The van der Waals surface area contributed by atoms with Gasteiger partial charge in [0.25, 0.3) is 0 Å². The Morgan fingerprint density at radius 2 is 2.15 bits per heavy atom. The van der Waals surface area contributed by atoms with Gasteiger partial charge in [-0.15, -0.1) is 0 Å². The average molecular weight is 268 g/mol. The van der Waals surface area contributed by atoms with Crippen molar-refractivity contribution in [3.05, 3.63) is 43.0 Å². The van der Waals surface area contributed by atoms with Crippen LogP contribution in [0.15, 0.2) is 47.4 Å². The number of benzene rings is 1. The van der Waals surface area contributed by atoms with Gasteiger partial charge in [-0.05, 0) is 29.8 Å². The smallest absolute Gasteiger partial charge is 0.221 e. The summed E-state index contributed by atoms with van der Waals surface area (Å²) in [7, 11) is 0. The molecule has 5 nitrogen and oxygen atoms in total. The Hall–Kier alpha value is -2.82. The van der Waals surface area contributed by atoms with Crippen molar-refractivity contribution < 1.29 is 14.3 Å². The zero-order valence-corrected chi connectivity index (χ0v) is 10.8. The van der Waals surface area contributed by atoms with Crippen LogP contribution in [0.1, 0.15) is 6.92 Å². The number of carbonyl (C=O) groups excluding carboxylic acids is 1. The minimum atomic E-state index is -0.245. The van der Waals surface area contributed by atoms with Crippen molar-refractivity contribution in [2.45, 2.75) is 6.92 Å². The number of fused-ring (bicyclic) bond motifs is 1. The summed E-state index contributed by atoms with van der Waals surface area (Å²) in [6, 6.07) is 7.16. The highest BCUT2D eigenvalue weighted by molar-refractivity contribution is 6.02. The van der Waals surface area contributed by atoms with Crippen molar-refractivity contribution in [2.24, 2.45) is 0 Å². The molecule has 2 heterocycles. The number of nitrogens with zero attached hydrogens (tertiary/aromatic N) is 1. The fraction of sp³-hybridized carbons (Fsp3) is 0.0667. The molecule has 5 heteroatoms. The Morgan fingerprint density at radius 1 is 1.30 bits per heavy atom. The van der Waals surface area contributed by atoms with Gasteiger partial charge < -0.3 is 14.8 Å². The maximum absolute atomic E-state index is 11.1. The zero-order chi connectivity index (χ0) is 14.1. The van der Waals surface area contributed by atoms with Crippen LogP contribution in [0.25, 0.3) is 22.0 Å². The summed E-state index contributed by atoms with van der Waals surface area (Å²) in [5.41, 5.74) is 2.61. The number of amides is 1. The molecule has 0 fully saturated rings. The summed E-state index contributed by atoms with van der Waals surface area (Å²) in [6.45, 7) is 1.39. The summed E-state index contributed by atoms with van der Waals surface area (Å²) in [5.74, 6) is -0.284. The molecule has 0 saturated heterocycles. The molecule has 1 amide bonds. The standard InChI is InChI=1S/C15H12N2O3/c1-9(18)17-13-3-2-12-11(10-5-7-20-8-10)4-6-16-14(12)15(13)19/h2-8,19H,1H3,(H,17,18). The zero-order valence-electron chi connectivity index (χ0n) is 10.8. The van der Waals surface area contributed by atoms with E-state index in [4.69, 9.17) is 4.42 Å². The molecular formula is C15H12N2O3. The molecule has 0 atom stereocenters. The summed E-state index contributed by atoms with van der Waals surface area (Å²) in [4.78, 5) is 15.3. The molecule has 0 bridgehead atoms. The molecule has 0 radical (unpaired) electrons. The third kappa shape index (κ3) is 1.99. The largest absolute Gasteiger partial charge is 0.504 e. The Bertz CT molecular complexity index is 779. The molecule has 2 aromatic heterocycles. The second-order valence-electron chi connectivity index (χ2n) is 4.41. The molecule has 1 aromatic carbocycles. The first-order valence-corrected chi connectivity index (χ1v) is 6.07. The molecule has 0 aliphatic carbocycles. The third-order valence-corrected chi connectivity index (χ3v) is 3.03. The van der Waals surface area contributed by atoms with Gasteiger partial charge in [-0.2, -0.15) is 0 Å². The van der Waals surface area contributed by atoms with E-state index in [2.05, 4.69) is 10.3 Å². The number of hydrogen-bond donors (Lipinski definition) is 2. The highest BCUT2D eigenvalue weighted by Gasteiger charge is 2.12. The van der Waals surface area contributed by atoms with Crippen LogP contribution in [0.2, 0.25) is 0 Å². The Balaban J connectivity index is 2.22. The van der Waals surface area contributed by atoms with Gasteiger partial charge in [0.15, 0.2) is 5.75 Å². The maximum Gasteiger partial charge on any atom is 0.221 e. The van der Waals surface area contributed by atoms with Crippen LogP contribution >= 0.6 is 0 Å². The molecule has 0 saturated carbocycles. The number of phenols is 1. The predicted octanol–water partition coefficient (Wildman–Crippen LogP) is 3.16. The Labute approximate surface area is 114 Å². The first kappa shape index (κ1) is 12.2. The van der Waals surface area contributed by atoms with Crippen LogP contribution in [-0.4, -0.2) is 16.0 Å². The van der Waals surface area contributed by atoms with Gasteiger partial charge in [-0.1, -0.05) is 0 Å². The number of aromatic hydroxyl groups is 1. The fourth-order valence-electron chi connectivity index (χ4n) is 2.16. The van der Waals surface area contributed by atoms with E-state index in [0.29, 0.717) is 11.2 Å². The molecule has 0 spiro atoms. The van der Waals surface area contributed by atoms with E-state index in [1.165, 1.54) is 6.92 Å². The number of phenolic OH excluding ortho intramolecular Hbond substituents is 1. The van der Waals surface area contributed by atoms with Gasteiger partial charge >= 0.3 is 0 Å². The second-order valence-corrected chi connectivity index (χ2v) is 4.41. The SMILES string of the molecule is CC(=O)Nc1ccc2c(-c3ccoc3)ccnc2c1O. The predicted molar refractivity (Wildman–Crippen MR) is 75.4 cm³/mol. The second kappa shape index (κ2) is 4.70. The van der Waals surface area contributed by atoms with Crippen LogP contribution in [0.4, 0.5) is 5.69 Å². The summed E-state index contributed by atoms with van der Waals surface area (Å²) < 4.78 is 5.08. The lowest BCUT2D eigenvalue weighted by Crippen LogP contribution is -2.06. The number of carbonyl (C=O) groups is 1. The van der Waals surface area contributed by atoms with Crippen LogP contribution in [0.3, 0.4) is 0 Å². The van der Waals surface area contributed by atoms with E-state index in [9.17, 15) is 9.90 Å². The Kier molecular flexibility index (Phi) is 2.87. The topological polar surface area (TPSA) is 75.4 Å². The normalized spacial score (nSPS) is 10.7. The monoisotopic (exact) mass is 268 g/mol. The number of rotatable bonds is 2. The van der Waals surface area contributed by atoms with Crippen molar-refractivity contribution in [1.29, 1.82) is 0 Å². The quantitative estimate of drug-likeness (QED) is 0.700. The lowest BCUT2D eigenvalue weighted by Gasteiger charge is -2.09. The van der Waals surface area contributed by atoms with Crippen LogP contribution in [-0.2, 0) is 4.79 Å². The van der Waals surface area contributed by atoms with Crippen molar-refractivity contribution in [2.75, 3.05) is 5.32 Å². The van der Waals surface area contributed by atoms with Crippen molar-refractivity contribution in [1.82, 2.24) is 4.98 Å². The number of nitrogens with one attached hydrogen (secondary N) is 1. The molecule has 2 N–H and O–H groups in total. The van der Waals surface area contributed by atoms with E-state index < -0.39 is 0 Å². The van der Waals surface area contributed by atoms with Crippen molar-refractivity contribution in [3.63, 3.8) is 0 Å². The lowest BCUT2D eigenvalue weighted by molar-refractivity contribution is -0.114. The fourth-order valence-corrected chi connectivity index (χ4v) is 2.16. The molecule has 0 aliphatic heterocycles. The molecule has 3 rings (SSSR count). The number of furan rings is 1. The van der Waals surface area contributed by atoms with Gasteiger partial charge in [-0.3, -0.25) is 9.78 Å². The van der Waals surface area contributed by atoms with E-state index in [-0.39, 0.29) is 11.7 Å². The summed E-state index contributed by atoms with van der Waals surface area (Å²) in [6.07, 6.45) is 4.84. The first-order valence-electron chi connectivity index (χ1n) is 6.07. The molecule has 0 aliphatic rings. The van der Waals surface area contributed by atoms with Crippen molar-refractivity contribution in [3.8, 4) is 16.9 Å². The number of anilines is 1. The van der Waals surface area contributed by atoms with Gasteiger partial charge in [0.2, 0.25) is 5.91 Å². The third-order valence-electron chi connectivity index (χ3n) is 3.03. The average Bonchev–Trinajstić information content (AvgIpc) is 2.95. The van der Waals surface area contributed by atoms with E-state index in [1.54, 1.807) is 24.8 Å². The highest BCUT2D eigenvalue weighted by Crippen LogP contribution is 2.36. The van der Waals surface area contributed by atoms with Crippen LogP contribution in [0, 0.1) is 0 Å². The van der Waals surface area contributed by atoms with Gasteiger partial charge in [-0.25, -0.2) is 0 Å². The van der Waals surface area contributed by atoms with E-state index in [0.717, 1.165) is 16.5 Å². The maximum atomic E-state index is 11.1. The lowest BCUT2D eigenvalue weighted by atomic mass is 10.0. The van der Waals surface area contributed by atoms with Gasteiger partial charge in [0.1, 0.15) is 5.52 Å². The molecule has 20 heavy (non-hydrogen) atoms. The minimum Gasteiger partial charge on any atom is -0.504 e. The minimum absolute atomic E-state index is 0.0388. The van der Waals surface area contributed by atoms with Crippen molar-refractivity contribution >= 4 is 22.5 Å². The number of hydrogen-bond acceptors (Lipinski definition) is 4.